The first-order valence-electron chi connectivity index (χ1n) is 8.28. The number of carbonyl (C=O) groups excluding carboxylic acids is 2. The predicted molar refractivity (Wildman–Crippen MR) is 104 cm³/mol. The van der Waals surface area contributed by atoms with Crippen LogP contribution in [0.2, 0.25) is 0 Å². The summed E-state index contributed by atoms with van der Waals surface area (Å²) in [5.74, 6) is -1.10. The fourth-order valence-corrected chi connectivity index (χ4v) is 4.71. The van der Waals surface area contributed by atoms with Crippen LogP contribution in [0.5, 0.6) is 0 Å². The molecule has 4 heterocycles. The number of aromatic amines is 1. The summed E-state index contributed by atoms with van der Waals surface area (Å²) in [4.78, 5) is 42.0. The molecule has 0 saturated carbocycles. The normalized spacial score (nSPS) is 21.2. The van der Waals surface area contributed by atoms with Crippen LogP contribution in [0.25, 0.3) is 11.3 Å². The van der Waals surface area contributed by atoms with Crippen molar-refractivity contribution in [2.45, 2.75) is 17.8 Å². The van der Waals surface area contributed by atoms with E-state index in [1.165, 1.54) is 22.7 Å². The summed E-state index contributed by atoms with van der Waals surface area (Å²) in [6.45, 7) is 0. The lowest BCUT2D eigenvalue weighted by Gasteiger charge is -2.48. The van der Waals surface area contributed by atoms with E-state index in [-0.39, 0.29) is 34.1 Å². The highest BCUT2D eigenvalue weighted by Gasteiger charge is 2.52. The van der Waals surface area contributed by atoms with Crippen LogP contribution in [0.3, 0.4) is 0 Å². The first-order chi connectivity index (χ1) is 14.0. The quantitative estimate of drug-likeness (QED) is 0.343. The van der Waals surface area contributed by atoms with E-state index in [1.54, 1.807) is 5.38 Å². The van der Waals surface area contributed by atoms with Crippen molar-refractivity contribution in [3.05, 3.63) is 29.1 Å². The SMILES string of the molecule is Nc1nc(/C(=C\CC(=O)O)C(=O)N[C@@H]2C(=O)N3C(c4nn[nH]n4)=CCS[C@H]23)cs1. The number of nitrogen functional groups attached to an aromatic ring is 1. The summed E-state index contributed by atoms with van der Waals surface area (Å²) in [7, 11) is 0. The fourth-order valence-electron chi connectivity index (χ4n) is 2.95. The van der Waals surface area contributed by atoms with Crippen LogP contribution in [0, 0.1) is 0 Å². The van der Waals surface area contributed by atoms with Gasteiger partial charge >= 0.3 is 5.97 Å². The minimum Gasteiger partial charge on any atom is -0.481 e. The third kappa shape index (κ3) is 3.58. The second-order valence-corrected chi connectivity index (χ2v) is 8.03. The summed E-state index contributed by atoms with van der Waals surface area (Å²) >= 11 is 2.61. The zero-order valence-corrected chi connectivity index (χ0v) is 16.2. The first kappa shape index (κ1) is 19.1. The highest BCUT2D eigenvalue weighted by molar-refractivity contribution is 8.00. The van der Waals surface area contributed by atoms with Gasteiger partial charge in [0.25, 0.3) is 11.8 Å². The standard InChI is InChI=1S/C15H14N8O4S2/c16-15-17-7(5-29-15)6(1-2-9(24)25)12(26)18-10-13(27)23-8(3-4-28-14(10)23)11-19-21-22-20-11/h1,3,5,10,14H,2,4H2,(H2,16,17)(H,18,26)(H,24,25)(H,19,20,21,22)/b6-1+/t10-,14-/m1/s1. The number of β-lactam (4-membered cyclic amide) rings is 1. The number of amides is 2. The molecule has 0 unspecified atom stereocenters. The summed E-state index contributed by atoms with van der Waals surface area (Å²) in [6.07, 6.45) is 2.71. The van der Waals surface area contributed by atoms with E-state index in [9.17, 15) is 14.4 Å². The van der Waals surface area contributed by atoms with Crippen molar-refractivity contribution >= 4 is 57.3 Å². The maximum Gasteiger partial charge on any atom is 0.307 e. The Labute approximate surface area is 171 Å². The Morgan fingerprint density at radius 1 is 1.48 bits per heavy atom. The minimum absolute atomic E-state index is 0.0568. The highest BCUT2D eigenvalue weighted by atomic mass is 32.2. The topological polar surface area (TPSA) is 180 Å². The number of aliphatic carboxylic acids is 1. The zero-order valence-electron chi connectivity index (χ0n) is 14.6. The number of rotatable bonds is 6. The molecule has 0 aromatic carbocycles. The number of carboxylic acid groups (broad SMARTS) is 1. The zero-order chi connectivity index (χ0) is 20.5. The number of hydrogen-bond donors (Lipinski definition) is 4. The molecular weight excluding hydrogens is 420 g/mol. The van der Waals surface area contributed by atoms with Crippen molar-refractivity contribution in [3.8, 4) is 0 Å². The van der Waals surface area contributed by atoms with E-state index in [0.717, 1.165) is 11.3 Å². The maximum absolute atomic E-state index is 12.8. The number of carbonyl (C=O) groups is 3. The number of aromatic nitrogens is 5. The van der Waals surface area contributed by atoms with Gasteiger partial charge in [-0.25, -0.2) is 4.98 Å². The van der Waals surface area contributed by atoms with E-state index in [4.69, 9.17) is 10.8 Å². The molecule has 0 aliphatic carbocycles. The second kappa shape index (κ2) is 7.63. The number of carboxylic acids is 1. The maximum atomic E-state index is 12.8. The van der Waals surface area contributed by atoms with Crippen molar-refractivity contribution in [2.24, 2.45) is 0 Å². The van der Waals surface area contributed by atoms with Crippen LogP contribution in [0.15, 0.2) is 17.5 Å². The third-order valence-corrected chi connectivity index (χ3v) is 6.09. The van der Waals surface area contributed by atoms with Gasteiger partial charge in [0, 0.05) is 11.1 Å². The number of hydrogen-bond acceptors (Lipinski definition) is 10. The molecule has 0 spiro atoms. The molecule has 150 valence electrons. The highest BCUT2D eigenvalue weighted by Crippen LogP contribution is 2.40. The smallest absolute Gasteiger partial charge is 0.307 e. The molecule has 2 aliphatic rings. The van der Waals surface area contributed by atoms with Crippen molar-refractivity contribution in [3.63, 3.8) is 0 Å². The van der Waals surface area contributed by atoms with E-state index in [0.29, 0.717) is 17.3 Å². The molecule has 2 atom stereocenters. The van der Waals surface area contributed by atoms with Gasteiger partial charge < -0.3 is 16.2 Å². The lowest BCUT2D eigenvalue weighted by molar-refractivity contribution is -0.143. The average molecular weight is 434 g/mol. The number of fused-ring (bicyclic) bond motifs is 1. The predicted octanol–water partition coefficient (Wildman–Crippen LogP) is -0.463. The van der Waals surface area contributed by atoms with Crippen molar-refractivity contribution < 1.29 is 19.5 Å². The fraction of sp³-hybridized carbons (Fsp3) is 0.267. The number of thiazole rings is 1. The Morgan fingerprint density at radius 2 is 2.31 bits per heavy atom. The minimum atomic E-state index is -1.10. The van der Waals surface area contributed by atoms with Crippen LogP contribution in [-0.4, -0.2) is 70.6 Å². The molecule has 2 aliphatic heterocycles. The van der Waals surface area contributed by atoms with Crippen LogP contribution in [0.1, 0.15) is 17.9 Å². The lowest BCUT2D eigenvalue weighted by Crippen LogP contribution is -2.69. The summed E-state index contributed by atoms with van der Waals surface area (Å²) < 4.78 is 0. The molecule has 0 radical (unpaired) electrons. The third-order valence-electron chi connectivity index (χ3n) is 4.23. The molecule has 1 saturated heterocycles. The molecule has 0 bridgehead atoms. The largest absolute Gasteiger partial charge is 0.481 e. The van der Waals surface area contributed by atoms with Crippen LogP contribution in [0.4, 0.5) is 5.13 Å². The van der Waals surface area contributed by atoms with E-state index in [1.807, 2.05) is 6.08 Å². The number of nitrogens with two attached hydrogens (primary N) is 1. The molecule has 14 heteroatoms. The summed E-state index contributed by atoms with van der Waals surface area (Å²) in [5, 5.41) is 26.8. The van der Waals surface area contributed by atoms with E-state index in [2.05, 4.69) is 30.9 Å². The first-order valence-corrected chi connectivity index (χ1v) is 10.2. The Morgan fingerprint density at radius 3 is 2.97 bits per heavy atom. The summed E-state index contributed by atoms with van der Waals surface area (Å²) in [5.41, 5.74) is 6.48. The van der Waals surface area contributed by atoms with Crippen LogP contribution >= 0.6 is 23.1 Å². The van der Waals surface area contributed by atoms with Gasteiger partial charge in [-0.05, 0) is 11.3 Å². The van der Waals surface area contributed by atoms with E-state index < -0.39 is 17.9 Å². The van der Waals surface area contributed by atoms with Crippen molar-refractivity contribution in [2.75, 3.05) is 11.5 Å². The molecule has 12 nitrogen and oxygen atoms in total. The van der Waals surface area contributed by atoms with Gasteiger partial charge in [-0.2, -0.15) is 5.21 Å². The molecule has 2 amide bonds. The Balaban J connectivity index is 1.52. The summed E-state index contributed by atoms with van der Waals surface area (Å²) in [6, 6.07) is -0.771. The van der Waals surface area contributed by atoms with Gasteiger partial charge in [-0.1, -0.05) is 6.08 Å². The number of anilines is 1. The Hall–Kier alpha value is -3.26. The molecule has 5 N–H and O–H groups in total. The van der Waals surface area contributed by atoms with Gasteiger partial charge in [0.1, 0.15) is 11.4 Å². The number of nitrogens with zero attached hydrogens (tertiary/aromatic N) is 5. The molecule has 29 heavy (non-hydrogen) atoms. The van der Waals surface area contributed by atoms with Gasteiger partial charge in [0.15, 0.2) is 5.13 Å². The lowest BCUT2D eigenvalue weighted by atomic mass is 10.0. The van der Waals surface area contributed by atoms with Gasteiger partial charge in [-0.3, -0.25) is 19.3 Å². The molecule has 2 aromatic heterocycles. The van der Waals surface area contributed by atoms with Crippen LogP contribution < -0.4 is 11.1 Å². The van der Waals surface area contributed by atoms with Gasteiger partial charge in [-0.15, -0.1) is 33.3 Å². The monoisotopic (exact) mass is 434 g/mol. The number of tetrazole rings is 1. The second-order valence-electron chi connectivity index (χ2n) is 5.99. The average Bonchev–Trinajstić information content (AvgIpc) is 3.37. The van der Waals surface area contributed by atoms with Crippen molar-refractivity contribution in [1.29, 1.82) is 0 Å². The molecule has 4 rings (SSSR count). The van der Waals surface area contributed by atoms with Crippen molar-refractivity contribution in [1.82, 2.24) is 35.8 Å². The van der Waals surface area contributed by atoms with Gasteiger partial charge in [0.2, 0.25) is 5.82 Å². The molecular formula is C15H14N8O4S2. The van der Waals surface area contributed by atoms with Gasteiger partial charge in [0.05, 0.1) is 23.4 Å². The van der Waals surface area contributed by atoms with Crippen LogP contribution in [-0.2, 0) is 14.4 Å². The molecule has 2 aromatic rings. The number of nitrogens with one attached hydrogen (secondary N) is 2. The number of thioether (sulfide) groups is 1. The molecule has 1 fully saturated rings. The number of H-pyrrole nitrogens is 1. The Kier molecular flexibility index (Phi) is 5.02. The van der Waals surface area contributed by atoms with E-state index >= 15 is 0 Å². The Bertz CT molecular complexity index is 1030.